The molecule has 0 aliphatic carbocycles. The average Bonchev–Trinajstić information content (AvgIpc) is 3.29. The summed E-state index contributed by atoms with van der Waals surface area (Å²) < 4.78 is 21.4. The van der Waals surface area contributed by atoms with E-state index in [2.05, 4.69) is 20.8 Å². The molecule has 0 aliphatic rings. The van der Waals surface area contributed by atoms with Gasteiger partial charge in [0.2, 0.25) is 11.0 Å². The maximum Gasteiger partial charge on any atom is 0.257 e. The number of aromatic nitrogens is 2. The van der Waals surface area contributed by atoms with Gasteiger partial charge in [0.25, 0.3) is 5.91 Å². The number of ether oxygens (including phenoxy) is 4. The van der Waals surface area contributed by atoms with Crippen molar-refractivity contribution in [2.24, 2.45) is 0 Å². The lowest BCUT2D eigenvalue weighted by Crippen LogP contribution is -2.14. The second-order valence-electron chi connectivity index (χ2n) is 6.30. The van der Waals surface area contributed by atoms with Gasteiger partial charge in [0.1, 0.15) is 0 Å². The molecule has 0 aliphatic heterocycles. The highest BCUT2D eigenvalue weighted by atomic mass is 32.2. The number of hydrogen-bond donors (Lipinski definition) is 2. The fraction of sp³-hybridized carbons (Fsp3) is 0.238. The number of nitrogens with one attached hydrogen (secondary N) is 2. The zero-order valence-corrected chi connectivity index (χ0v) is 20.0. The van der Waals surface area contributed by atoms with Gasteiger partial charge in [0.15, 0.2) is 27.3 Å². The van der Waals surface area contributed by atoms with Crippen LogP contribution in [0.5, 0.6) is 23.0 Å². The van der Waals surface area contributed by atoms with Crippen molar-refractivity contribution in [1.29, 1.82) is 0 Å². The lowest BCUT2D eigenvalue weighted by atomic mass is 10.2. The van der Waals surface area contributed by atoms with Crippen LogP contribution in [-0.2, 0) is 4.79 Å². The van der Waals surface area contributed by atoms with Crippen LogP contribution in [0.1, 0.15) is 10.4 Å². The predicted octanol–water partition coefficient (Wildman–Crippen LogP) is 3.56. The second-order valence-corrected chi connectivity index (χ2v) is 8.50. The topological polar surface area (TPSA) is 121 Å². The Kier molecular flexibility index (Phi) is 8.33. The number of rotatable bonds is 10. The van der Waals surface area contributed by atoms with Crippen molar-refractivity contribution in [3.8, 4) is 23.0 Å². The Balaban J connectivity index is 1.54. The summed E-state index contributed by atoms with van der Waals surface area (Å²) >= 11 is 2.38. The van der Waals surface area contributed by atoms with Gasteiger partial charge in [-0.1, -0.05) is 23.1 Å². The minimum absolute atomic E-state index is 0.118. The van der Waals surface area contributed by atoms with Gasteiger partial charge in [-0.3, -0.25) is 14.9 Å². The molecule has 0 radical (unpaired) electrons. The SMILES string of the molecule is COc1ccc(NC(=O)CSc2nnc(NC(=O)c3ccc(OC)c(OC)c3)s2)cc1OC. The maximum absolute atomic E-state index is 12.5. The van der Waals surface area contributed by atoms with Crippen LogP contribution in [0.2, 0.25) is 0 Å². The maximum atomic E-state index is 12.5. The Morgan fingerprint density at radius 1 is 0.848 bits per heavy atom. The molecule has 3 rings (SSSR count). The fourth-order valence-electron chi connectivity index (χ4n) is 2.70. The highest BCUT2D eigenvalue weighted by Gasteiger charge is 2.15. The van der Waals surface area contributed by atoms with Crippen molar-refractivity contribution in [1.82, 2.24) is 10.2 Å². The van der Waals surface area contributed by atoms with Crippen molar-refractivity contribution >= 4 is 45.7 Å². The van der Waals surface area contributed by atoms with E-state index in [9.17, 15) is 9.59 Å². The number of benzene rings is 2. The molecule has 0 saturated heterocycles. The predicted molar refractivity (Wildman–Crippen MR) is 126 cm³/mol. The summed E-state index contributed by atoms with van der Waals surface area (Å²) in [5, 5.41) is 13.8. The molecule has 1 aromatic heterocycles. The van der Waals surface area contributed by atoms with E-state index in [1.807, 2.05) is 0 Å². The molecule has 0 unspecified atom stereocenters. The smallest absolute Gasteiger partial charge is 0.257 e. The molecule has 0 fully saturated rings. The van der Waals surface area contributed by atoms with Crippen molar-refractivity contribution in [3.05, 3.63) is 42.0 Å². The van der Waals surface area contributed by atoms with E-state index in [0.717, 1.165) is 0 Å². The average molecular weight is 491 g/mol. The quantitative estimate of drug-likeness (QED) is 0.325. The van der Waals surface area contributed by atoms with Gasteiger partial charge in [-0.25, -0.2) is 0 Å². The van der Waals surface area contributed by atoms with E-state index in [-0.39, 0.29) is 17.6 Å². The number of carbonyl (C=O) groups excluding carboxylic acids is 2. The van der Waals surface area contributed by atoms with Crippen LogP contribution >= 0.6 is 23.1 Å². The third kappa shape index (κ3) is 6.26. The van der Waals surface area contributed by atoms with Crippen molar-refractivity contribution < 1.29 is 28.5 Å². The lowest BCUT2D eigenvalue weighted by molar-refractivity contribution is -0.113. The van der Waals surface area contributed by atoms with E-state index >= 15 is 0 Å². The Bertz CT molecular complexity index is 1140. The van der Waals surface area contributed by atoms with Crippen molar-refractivity contribution in [2.75, 3.05) is 44.8 Å². The Morgan fingerprint density at radius 3 is 2.15 bits per heavy atom. The van der Waals surface area contributed by atoms with E-state index in [4.69, 9.17) is 18.9 Å². The monoisotopic (exact) mass is 490 g/mol. The molecule has 10 nitrogen and oxygen atoms in total. The first-order valence-corrected chi connectivity index (χ1v) is 11.3. The molecule has 3 aromatic rings. The third-order valence-corrected chi connectivity index (χ3v) is 6.24. The molecule has 0 spiro atoms. The fourth-order valence-corrected chi connectivity index (χ4v) is 4.25. The number of amides is 2. The summed E-state index contributed by atoms with van der Waals surface area (Å²) in [7, 11) is 6.08. The first-order chi connectivity index (χ1) is 16.0. The Morgan fingerprint density at radius 2 is 1.48 bits per heavy atom. The Hall–Kier alpha value is -3.51. The Labute approximate surface area is 198 Å². The van der Waals surface area contributed by atoms with Crippen LogP contribution in [0.4, 0.5) is 10.8 Å². The number of nitrogens with zero attached hydrogens (tertiary/aromatic N) is 2. The number of anilines is 2. The zero-order valence-electron chi connectivity index (χ0n) is 18.3. The van der Waals surface area contributed by atoms with Gasteiger partial charge >= 0.3 is 0 Å². The largest absolute Gasteiger partial charge is 0.493 e. The van der Waals surface area contributed by atoms with Crippen LogP contribution < -0.4 is 29.6 Å². The standard InChI is InChI=1S/C21H22N4O6S2/c1-28-14-7-5-12(9-16(14)30-3)19(27)23-20-24-25-21(33-20)32-11-18(26)22-13-6-8-15(29-2)17(10-13)31-4/h5-10H,11H2,1-4H3,(H,22,26)(H,23,24,27). The first-order valence-electron chi connectivity index (χ1n) is 9.49. The van der Waals surface area contributed by atoms with Gasteiger partial charge in [0, 0.05) is 17.3 Å². The number of hydrogen-bond acceptors (Lipinski definition) is 10. The van der Waals surface area contributed by atoms with Gasteiger partial charge in [-0.05, 0) is 30.3 Å². The number of methoxy groups -OCH3 is 4. The minimum Gasteiger partial charge on any atom is -0.493 e. The summed E-state index contributed by atoms with van der Waals surface area (Å²) in [6, 6.07) is 9.94. The third-order valence-electron chi connectivity index (χ3n) is 4.27. The van der Waals surface area contributed by atoms with E-state index < -0.39 is 0 Å². The molecule has 0 atom stereocenters. The molecule has 0 bridgehead atoms. The van der Waals surface area contributed by atoms with E-state index in [0.29, 0.717) is 43.7 Å². The zero-order chi connectivity index (χ0) is 23.8. The lowest BCUT2D eigenvalue weighted by Gasteiger charge is -2.10. The molecular formula is C21H22N4O6S2. The molecule has 12 heteroatoms. The van der Waals surface area contributed by atoms with Crippen LogP contribution in [-0.4, -0.2) is 56.2 Å². The second kappa shape index (κ2) is 11.4. The molecule has 0 saturated carbocycles. The summed E-state index contributed by atoms with van der Waals surface area (Å²) in [6.07, 6.45) is 0. The molecule has 2 N–H and O–H groups in total. The molecule has 2 amide bonds. The molecule has 1 heterocycles. The highest BCUT2D eigenvalue weighted by Crippen LogP contribution is 2.31. The van der Waals surface area contributed by atoms with Crippen LogP contribution in [0, 0.1) is 0 Å². The normalized spacial score (nSPS) is 10.3. The summed E-state index contributed by atoms with van der Waals surface area (Å²) in [6.45, 7) is 0. The number of thioether (sulfide) groups is 1. The highest BCUT2D eigenvalue weighted by molar-refractivity contribution is 8.01. The number of carbonyl (C=O) groups is 2. The van der Waals surface area contributed by atoms with Gasteiger partial charge < -0.3 is 24.3 Å². The first kappa shape index (κ1) is 24.1. The van der Waals surface area contributed by atoms with Gasteiger partial charge in [-0.15, -0.1) is 10.2 Å². The minimum atomic E-state index is -0.366. The molecule has 2 aromatic carbocycles. The van der Waals surface area contributed by atoms with Crippen LogP contribution in [0.15, 0.2) is 40.7 Å². The van der Waals surface area contributed by atoms with Gasteiger partial charge in [-0.2, -0.15) is 0 Å². The van der Waals surface area contributed by atoms with E-state index in [1.54, 1.807) is 43.5 Å². The summed E-state index contributed by atoms with van der Waals surface area (Å²) in [4.78, 5) is 24.8. The summed E-state index contributed by atoms with van der Waals surface area (Å²) in [5.41, 5.74) is 0.963. The molecule has 33 heavy (non-hydrogen) atoms. The van der Waals surface area contributed by atoms with Gasteiger partial charge in [0.05, 0.1) is 34.2 Å². The van der Waals surface area contributed by atoms with E-state index in [1.165, 1.54) is 44.4 Å². The molecular weight excluding hydrogens is 468 g/mol. The summed E-state index contributed by atoms with van der Waals surface area (Å²) in [5.74, 6) is 1.58. The molecule has 174 valence electrons. The van der Waals surface area contributed by atoms with Crippen LogP contribution in [0.25, 0.3) is 0 Å². The van der Waals surface area contributed by atoms with Crippen LogP contribution in [0.3, 0.4) is 0 Å². The van der Waals surface area contributed by atoms with Crippen molar-refractivity contribution in [2.45, 2.75) is 4.34 Å². The van der Waals surface area contributed by atoms with Crippen molar-refractivity contribution in [3.63, 3.8) is 0 Å².